The SMILES string of the molecule is NN[C@@H](CCCCNC(=O)CC[C@H](NC(=O)COCCOCCNC(=O)COCCOCCNC(=O)CC[C@H](NC(=O)CC[C@H](NC(=O)CCCCCCCCCCCCCCCCC(=O)O)C(=O)O)C(=O)O)C(=O)O)C(N)=O. The molecule has 28 heteroatoms. The summed E-state index contributed by atoms with van der Waals surface area (Å²) >= 11 is 0. The molecule has 0 aliphatic rings. The number of ether oxygens (including phenoxy) is 4. The van der Waals surface area contributed by atoms with E-state index in [9.17, 15) is 68.1 Å². The molecule has 0 aromatic heterocycles. The highest BCUT2D eigenvalue weighted by Gasteiger charge is 2.25. The first kappa shape index (κ1) is 72.9. The van der Waals surface area contributed by atoms with Crippen molar-refractivity contribution in [3.05, 3.63) is 0 Å². The lowest BCUT2D eigenvalue weighted by atomic mass is 10.0. The van der Waals surface area contributed by atoms with Crippen molar-refractivity contribution in [1.82, 2.24) is 37.3 Å². The monoisotopic (exact) mass is 1130 g/mol. The van der Waals surface area contributed by atoms with Crippen molar-refractivity contribution < 1.29 is 92.1 Å². The topological polar surface area (TPSA) is 442 Å². The minimum absolute atomic E-state index is 0.000980. The van der Waals surface area contributed by atoms with E-state index in [1.165, 1.54) is 25.7 Å². The molecule has 0 heterocycles. The molecule has 0 aliphatic carbocycles. The standard InChI is InChI=1S/C51H91N9O19/c52-48(69)37(60-53)17-15-16-26-54-41(61)23-21-40(51(74)75)59-46(66)36-79-34-32-77-30-28-56-45(65)35-78-33-31-76-29-27-55-42(62)24-20-38(49(70)71)58-44(64)25-22-39(50(72)73)57-43(63)18-13-11-9-7-5-3-1-2-4-6-8-10-12-14-19-47(67)68/h37-40,60H,1-36,53H2,(H2,52,69)(H,54,61)(H,55,62)(H,56,65)(H,57,63)(H,58,64)(H,59,66)(H,67,68)(H,70,71)(H,72,73)(H,74,75)/t37-,38-,39-,40-/m0/s1. The molecular formula is C51H91N9O19. The van der Waals surface area contributed by atoms with Gasteiger partial charge in [-0.2, -0.15) is 0 Å². The van der Waals surface area contributed by atoms with Gasteiger partial charge in [0.2, 0.25) is 41.4 Å². The number of hydrazine groups is 1. The maximum atomic E-state index is 12.5. The van der Waals surface area contributed by atoms with Crippen LogP contribution >= 0.6 is 0 Å². The van der Waals surface area contributed by atoms with Crippen LogP contribution in [-0.2, 0) is 71.7 Å². The van der Waals surface area contributed by atoms with Gasteiger partial charge in [0.15, 0.2) is 0 Å². The quantitative estimate of drug-likeness (QED) is 0.0221. The van der Waals surface area contributed by atoms with Crippen LogP contribution in [0.1, 0.15) is 161 Å². The Kier molecular flexibility index (Phi) is 45.2. The molecule has 0 saturated carbocycles. The van der Waals surface area contributed by atoms with Gasteiger partial charge in [0.1, 0.15) is 31.3 Å². The number of carboxylic acids is 4. The van der Waals surface area contributed by atoms with Crippen molar-refractivity contribution >= 4 is 65.2 Å². The number of primary amides is 1. The molecule has 0 aromatic rings. The molecule has 28 nitrogen and oxygen atoms in total. The molecule has 0 unspecified atom stereocenters. The Hall–Kier alpha value is -6.07. The fourth-order valence-electron chi connectivity index (χ4n) is 7.58. The molecule has 454 valence electrons. The summed E-state index contributed by atoms with van der Waals surface area (Å²) in [5.74, 6) is -3.33. The van der Waals surface area contributed by atoms with Crippen LogP contribution in [0.25, 0.3) is 0 Å². The maximum Gasteiger partial charge on any atom is 0.326 e. The van der Waals surface area contributed by atoms with E-state index in [2.05, 4.69) is 37.3 Å². The number of amides is 7. The molecule has 0 saturated heterocycles. The summed E-state index contributed by atoms with van der Waals surface area (Å²) in [4.78, 5) is 130. The molecule has 15 N–H and O–H groups in total. The molecule has 79 heavy (non-hydrogen) atoms. The Morgan fingerprint density at radius 1 is 0.342 bits per heavy atom. The molecule has 0 rings (SSSR count). The lowest BCUT2D eigenvalue weighted by Gasteiger charge is -2.17. The van der Waals surface area contributed by atoms with Crippen molar-refractivity contribution in [2.75, 3.05) is 72.5 Å². The summed E-state index contributed by atoms with van der Waals surface area (Å²) < 4.78 is 21.1. The normalized spacial score (nSPS) is 12.5. The molecule has 4 atom stereocenters. The van der Waals surface area contributed by atoms with Crippen LogP contribution in [0.2, 0.25) is 0 Å². The number of carbonyl (C=O) groups is 11. The van der Waals surface area contributed by atoms with Crippen LogP contribution in [0.5, 0.6) is 0 Å². The third kappa shape index (κ3) is 45.5. The maximum absolute atomic E-state index is 12.5. The number of unbranched alkanes of at least 4 members (excludes halogenated alkanes) is 14. The smallest absolute Gasteiger partial charge is 0.326 e. The van der Waals surface area contributed by atoms with Crippen LogP contribution in [0.15, 0.2) is 0 Å². The van der Waals surface area contributed by atoms with Gasteiger partial charge in [0, 0.05) is 51.7 Å². The molecule has 0 aliphatic heterocycles. The van der Waals surface area contributed by atoms with Crippen molar-refractivity contribution in [2.24, 2.45) is 11.6 Å². The molecular weight excluding hydrogens is 1040 g/mol. The Labute approximate surface area is 462 Å². The number of nitrogens with one attached hydrogen (secondary N) is 7. The van der Waals surface area contributed by atoms with Crippen LogP contribution < -0.4 is 48.9 Å². The largest absolute Gasteiger partial charge is 0.481 e. The van der Waals surface area contributed by atoms with Gasteiger partial charge < -0.3 is 77.0 Å². The zero-order valence-electron chi connectivity index (χ0n) is 45.8. The van der Waals surface area contributed by atoms with Gasteiger partial charge in [-0.1, -0.05) is 77.0 Å². The first-order chi connectivity index (χ1) is 37.9. The Morgan fingerprint density at radius 2 is 0.696 bits per heavy atom. The summed E-state index contributed by atoms with van der Waals surface area (Å²) in [6, 6.07) is -4.74. The molecule has 0 aromatic carbocycles. The summed E-state index contributed by atoms with van der Waals surface area (Å²) in [6.45, 7) is 0.250. The number of hydrogen-bond donors (Lipinski definition) is 13. The number of aliphatic carboxylic acids is 4. The highest BCUT2D eigenvalue weighted by Crippen LogP contribution is 2.14. The predicted molar refractivity (Wildman–Crippen MR) is 284 cm³/mol. The molecule has 7 amide bonds. The number of rotatable bonds is 55. The summed E-state index contributed by atoms with van der Waals surface area (Å²) in [7, 11) is 0. The average molecular weight is 1130 g/mol. The zero-order valence-corrected chi connectivity index (χ0v) is 45.8. The molecule has 0 spiro atoms. The second kappa shape index (κ2) is 49.0. The van der Waals surface area contributed by atoms with Crippen LogP contribution in [0, 0.1) is 0 Å². The van der Waals surface area contributed by atoms with E-state index in [1.54, 1.807) is 0 Å². The molecule has 0 bridgehead atoms. The Bertz CT molecular complexity index is 1800. The number of hydrogen-bond acceptors (Lipinski definition) is 17. The van der Waals surface area contributed by atoms with E-state index in [0.29, 0.717) is 32.2 Å². The average Bonchev–Trinajstić information content (AvgIpc) is 3.39. The second-order valence-electron chi connectivity index (χ2n) is 18.8. The van der Waals surface area contributed by atoms with Crippen molar-refractivity contribution in [1.29, 1.82) is 0 Å². The highest BCUT2D eigenvalue weighted by molar-refractivity contribution is 5.87. The first-order valence-electron chi connectivity index (χ1n) is 27.5. The minimum Gasteiger partial charge on any atom is -0.481 e. The van der Waals surface area contributed by atoms with E-state index < -0.39 is 96.0 Å². The Balaban J connectivity index is 4.01. The lowest BCUT2D eigenvalue weighted by molar-refractivity contribution is -0.143. The first-order valence-corrected chi connectivity index (χ1v) is 27.5. The third-order valence-corrected chi connectivity index (χ3v) is 12.1. The van der Waals surface area contributed by atoms with Crippen molar-refractivity contribution in [3.63, 3.8) is 0 Å². The van der Waals surface area contributed by atoms with Gasteiger partial charge in [-0.05, 0) is 51.4 Å². The minimum atomic E-state index is -1.42. The highest BCUT2D eigenvalue weighted by atomic mass is 16.5. The second-order valence-corrected chi connectivity index (χ2v) is 18.8. The number of carbonyl (C=O) groups excluding carboxylic acids is 7. The summed E-state index contributed by atoms with van der Waals surface area (Å²) in [5.41, 5.74) is 7.49. The Morgan fingerprint density at radius 3 is 1.11 bits per heavy atom. The number of carboxylic acid groups (broad SMARTS) is 4. The van der Waals surface area contributed by atoms with Gasteiger partial charge in [-0.3, -0.25) is 44.2 Å². The fourth-order valence-corrected chi connectivity index (χ4v) is 7.58. The van der Waals surface area contributed by atoms with Crippen LogP contribution in [0.3, 0.4) is 0 Å². The third-order valence-electron chi connectivity index (χ3n) is 12.1. The van der Waals surface area contributed by atoms with Crippen LogP contribution in [0.4, 0.5) is 0 Å². The lowest BCUT2D eigenvalue weighted by Crippen LogP contribution is -2.45. The van der Waals surface area contributed by atoms with E-state index in [0.717, 1.165) is 57.8 Å². The van der Waals surface area contributed by atoms with Gasteiger partial charge >= 0.3 is 23.9 Å². The van der Waals surface area contributed by atoms with Crippen molar-refractivity contribution in [3.8, 4) is 0 Å². The van der Waals surface area contributed by atoms with Gasteiger partial charge in [0.25, 0.3) is 0 Å². The predicted octanol–water partition coefficient (Wildman–Crippen LogP) is 0.264. The van der Waals surface area contributed by atoms with E-state index in [4.69, 9.17) is 35.6 Å². The van der Waals surface area contributed by atoms with Gasteiger partial charge in [0.05, 0.1) is 45.7 Å². The summed E-state index contributed by atoms with van der Waals surface area (Å²) in [6.07, 6.45) is 14.8. The zero-order chi connectivity index (χ0) is 58.9. The van der Waals surface area contributed by atoms with E-state index >= 15 is 0 Å². The van der Waals surface area contributed by atoms with Gasteiger partial charge in [-0.25, -0.2) is 19.8 Å². The molecule has 0 fully saturated rings. The van der Waals surface area contributed by atoms with Crippen molar-refractivity contribution in [2.45, 2.75) is 185 Å². The van der Waals surface area contributed by atoms with Crippen LogP contribution in [-0.4, -0.2) is 182 Å². The fraction of sp³-hybridized carbons (Fsp3) is 0.784. The van der Waals surface area contributed by atoms with Gasteiger partial charge in [-0.15, -0.1) is 0 Å². The number of nitrogens with two attached hydrogens (primary N) is 2. The van der Waals surface area contributed by atoms with E-state index in [-0.39, 0.29) is 111 Å². The summed E-state index contributed by atoms with van der Waals surface area (Å²) in [5, 5.41) is 52.1. The van der Waals surface area contributed by atoms with E-state index in [1.807, 2.05) is 0 Å². The molecule has 0 radical (unpaired) electrons.